The second kappa shape index (κ2) is 5.90. The van der Waals surface area contributed by atoms with Crippen molar-refractivity contribution >= 4 is 22.4 Å². The van der Waals surface area contributed by atoms with Crippen molar-refractivity contribution in [1.82, 2.24) is 9.88 Å². The Balaban J connectivity index is 1.72. The molecule has 112 valence electrons. The molecule has 1 saturated heterocycles. The van der Waals surface area contributed by atoms with Gasteiger partial charge in [-0.1, -0.05) is 0 Å². The van der Waals surface area contributed by atoms with Crippen molar-refractivity contribution in [1.29, 1.82) is 0 Å². The first kappa shape index (κ1) is 14.1. The van der Waals surface area contributed by atoms with Crippen molar-refractivity contribution in [3.05, 3.63) is 30.3 Å². The number of aromatic nitrogens is 1. The molecule has 0 aliphatic carbocycles. The Bertz CT molecular complexity index is 617. The van der Waals surface area contributed by atoms with Gasteiger partial charge in [-0.3, -0.25) is 0 Å². The third-order valence-electron chi connectivity index (χ3n) is 4.46. The van der Waals surface area contributed by atoms with Gasteiger partial charge in [0.15, 0.2) is 0 Å². The molecule has 1 aromatic heterocycles. The molecule has 0 atom stereocenters. The van der Waals surface area contributed by atoms with Crippen molar-refractivity contribution in [2.24, 2.45) is 5.92 Å². The summed E-state index contributed by atoms with van der Waals surface area (Å²) in [6, 6.07) is 10.1. The van der Waals surface area contributed by atoms with E-state index >= 15 is 0 Å². The van der Waals surface area contributed by atoms with E-state index < -0.39 is 0 Å². The molecule has 2 aromatic rings. The molecule has 21 heavy (non-hydrogen) atoms. The number of rotatable bonds is 3. The number of pyridine rings is 1. The van der Waals surface area contributed by atoms with E-state index in [4.69, 9.17) is 10.7 Å². The van der Waals surface area contributed by atoms with Gasteiger partial charge in [0.25, 0.3) is 0 Å². The number of hydrogen-bond acceptors (Lipinski definition) is 4. The third-order valence-corrected chi connectivity index (χ3v) is 4.46. The van der Waals surface area contributed by atoms with E-state index in [9.17, 15) is 0 Å². The maximum atomic E-state index is 5.81. The predicted octanol–water partition coefficient (Wildman–Crippen LogP) is 2.60. The average molecular weight is 284 g/mol. The summed E-state index contributed by atoms with van der Waals surface area (Å²) in [6.07, 6.45) is 2.57. The lowest BCUT2D eigenvalue weighted by atomic mass is 9.97. The monoisotopic (exact) mass is 284 g/mol. The SMILES string of the molecule is CN1CCC(CN(C)c2ccc3cc(N)ccc3n2)CC1. The molecule has 4 heteroatoms. The fourth-order valence-electron chi connectivity index (χ4n) is 3.07. The first-order chi connectivity index (χ1) is 10.1. The number of nitrogens with zero attached hydrogens (tertiary/aromatic N) is 3. The number of likely N-dealkylation sites (tertiary alicyclic amines) is 1. The summed E-state index contributed by atoms with van der Waals surface area (Å²) in [5, 5.41) is 1.10. The lowest BCUT2D eigenvalue weighted by molar-refractivity contribution is 0.222. The van der Waals surface area contributed by atoms with Crippen LogP contribution in [0.25, 0.3) is 10.9 Å². The average Bonchev–Trinajstić information content (AvgIpc) is 2.49. The van der Waals surface area contributed by atoms with Crippen molar-refractivity contribution in [3.63, 3.8) is 0 Å². The van der Waals surface area contributed by atoms with Gasteiger partial charge in [0.2, 0.25) is 0 Å². The standard InChI is InChI=1S/C17H24N4/c1-20-9-7-13(8-10-20)12-21(2)17-6-3-14-11-15(18)4-5-16(14)19-17/h3-6,11,13H,7-10,12,18H2,1-2H3. The summed E-state index contributed by atoms with van der Waals surface area (Å²) in [7, 11) is 4.35. The molecule has 1 aromatic carbocycles. The molecular formula is C17H24N4. The van der Waals surface area contributed by atoms with Gasteiger partial charge < -0.3 is 15.5 Å². The third kappa shape index (κ3) is 3.27. The van der Waals surface area contributed by atoms with Crippen molar-refractivity contribution in [2.45, 2.75) is 12.8 Å². The van der Waals surface area contributed by atoms with Gasteiger partial charge >= 0.3 is 0 Å². The molecule has 0 unspecified atom stereocenters. The van der Waals surface area contributed by atoms with Crippen molar-refractivity contribution in [3.8, 4) is 0 Å². The smallest absolute Gasteiger partial charge is 0.128 e. The minimum absolute atomic E-state index is 0.773. The van der Waals surface area contributed by atoms with E-state index in [-0.39, 0.29) is 0 Å². The molecule has 1 fully saturated rings. The normalized spacial score (nSPS) is 17.2. The van der Waals surface area contributed by atoms with Crippen LogP contribution in [0.3, 0.4) is 0 Å². The number of benzene rings is 1. The fourth-order valence-corrected chi connectivity index (χ4v) is 3.07. The van der Waals surface area contributed by atoms with Crippen LogP contribution in [0.2, 0.25) is 0 Å². The van der Waals surface area contributed by atoms with Crippen LogP contribution in [0, 0.1) is 5.92 Å². The van der Waals surface area contributed by atoms with Crippen LogP contribution >= 0.6 is 0 Å². The van der Waals surface area contributed by atoms with Gasteiger partial charge in [0.1, 0.15) is 5.82 Å². The van der Waals surface area contributed by atoms with Gasteiger partial charge in [-0.2, -0.15) is 0 Å². The Hall–Kier alpha value is -1.81. The van der Waals surface area contributed by atoms with Crippen molar-refractivity contribution in [2.75, 3.05) is 44.4 Å². The molecule has 3 rings (SSSR count). The highest BCUT2D eigenvalue weighted by Crippen LogP contribution is 2.22. The Kier molecular flexibility index (Phi) is 3.97. The van der Waals surface area contributed by atoms with Crippen LogP contribution in [-0.2, 0) is 0 Å². The quantitative estimate of drug-likeness (QED) is 0.880. The molecule has 2 N–H and O–H groups in total. The summed E-state index contributed by atoms with van der Waals surface area (Å²) in [6.45, 7) is 3.51. The van der Waals surface area contributed by atoms with E-state index in [1.165, 1.54) is 25.9 Å². The fraction of sp³-hybridized carbons (Fsp3) is 0.471. The van der Waals surface area contributed by atoms with E-state index in [2.05, 4.69) is 36.0 Å². The van der Waals surface area contributed by atoms with Crippen LogP contribution in [0.4, 0.5) is 11.5 Å². The molecular weight excluding hydrogens is 260 g/mol. The highest BCUT2D eigenvalue weighted by Gasteiger charge is 2.18. The Morgan fingerprint density at radius 3 is 2.76 bits per heavy atom. The lowest BCUT2D eigenvalue weighted by Gasteiger charge is -2.32. The van der Waals surface area contributed by atoms with Gasteiger partial charge in [-0.15, -0.1) is 0 Å². The zero-order chi connectivity index (χ0) is 14.8. The van der Waals surface area contributed by atoms with Crippen LogP contribution in [-0.4, -0.2) is 43.6 Å². The highest BCUT2D eigenvalue weighted by molar-refractivity contribution is 5.83. The molecule has 0 spiro atoms. The number of anilines is 2. The second-order valence-electron chi connectivity index (χ2n) is 6.25. The molecule has 0 amide bonds. The van der Waals surface area contributed by atoms with Crippen LogP contribution < -0.4 is 10.6 Å². The van der Waals surface area contributed by atoms with Crippen LogP contribution in [0.15, 0.2) is 30.3 Å². The van der Waals surface area contributed by atoms with E-state index in [0.717, 1.165) is 34.9 Å². The van der Waals surface area contributed by atoms with Gasteiger partial charge in [-0.05, 0) is 69.2 Å². The minimum Gasteiger partial charge on any atom is -0.399 e. The lowest BCUT2D eigenvalue weighted by Crippen LogP contribution is -2.35. The maximum absolute atomic E-state index is 5.81. The van der Waals surface area contributed by atoms with Gasteiger partial charge in [-0.25, -0.2) is 4.98 Å². The first-order valence-corrected chi connectivity index (χ1v) is 7.68. The molecule has 0 saturated carbocycles. The van der Waals surface area contributed by atoms with Gasteiger partial charge in [0.05, 0.1) is 5.52 Å². The molecule has 0 bridgehead atoms. The maximum Gasteiger partial charge on any atom is 0.128 e. The largest absolute Gasteiger partial charge is 0.399 e. The van der Waals surface area contributed by atoms with E-state index in [0.29, 0.717) is 0 Å². The number of nitrogens with two attached hydrogens (primary N) is 1. The van der Waals surface area contributed by atoms with Crippen LogP contribution in [0.1, 0.15) is 12.8 Å². The highest BCUT2D eigenvalue weighted by atomic mass is 15.2. The number of hydrogen-bond donors (Lipinski definition) is 1. The Morgan fingerprint density at radius 2 is 2.00 bits per heavy atom. The Morgan fingerprint density at radius 1 is 1.24 bits per heavy atom. The van der Waals surface area contributed by atoms with E-state index in [1.54, 1.807) is 0 Å². The first-order valence-electron chi connectivity index (χ1n) is 7.68. The summed E-state index contributed by atoms with van der Waals surface area (Å²) < 4.78 is 0. The Labute approximate surface area is 126 Å². The minimum atomic E-state index is 0.773. The molecule has 4 nitrogen and oxygen atoms in total. The van der Waals surface area contributed by atoms with Crippen LogP contribution in [0.5, 0.6) is 0 Å². The summed E-state index contributed by atoms with van der Waals surface area (Å²) >= 11 is 0. The van der Waals surface area contributed by atoms with E-state index in [1.807, 2.05) is 18.2 Å². The second-order valence-corrected chi connectivity index (χ2v) is 6.25. The molecule has 1 aliphatic rings. The molecule has 2 heterocycles. The topological polar surface area (TPSA) is 45.4 Å². The summed E-state index contributed by atoms with van der Waals surface area (Å²) in [5.41, 5.74) is 7.61. The summed E-state index contributed by atoms with van der Waals surface area (Å²) in [4.78, 5) is 9.45. The zero-order valence-electron chi connectivity index (χ0n) is 12.9. The van der Waals surface area contributed by atoms with Crippen molar-refractivity contribution < 1.29 is 0 Å². The molecule has 0 radical (unpaired) electrons. The summed E-state index contributed by atoms with van der Waals surface area (Å²) in [5.74, 6) is 1.82. The zero-order valence-corrected chi connectivity index (χ0v) is 12.9. The number of nitrogen functional groups attached to an aromatic ring is 1. The van der Waals surface area contributed by atoms with Gasteiger partial charge in [0, 0.05) is 24.7 Å². The predicted molar refractivity (Wildman–Crippen MR) is 89.6 cm³/mol. The number of piperidine rings is 1. The molecule has 1 aliphatic heterocycles. The number of fused-ring (bicyclic) bond motifs is 1.